The maximum atomic E-state index is 7.04. The van der Waals surface area contributed by atoms with Crippen molar-refractivity contribution in [3.8, 4) is 0 Å². The minimum absolute atomic E-state index is 0.243. The Bertz CT molecular complexity index is 137. The van der Waals surface area contributed by atoms with Crippen molar-refractivity contribution < 1.29 is 25.3 Å². The van der Waals surface area contributed by atoms with Crippen LogP contribution in [-0.4, -0.2) is 27.6 Å². The van der Waals surface area contributed by atoms with E-state index in [1.165, 1.54) is 11.8 Å². The van der Waals surface area contributed by atoms with Crippen molar-refractivity contribution in [3.63, 3.8) is 0 Å². The number of nitrogens with one attached hydrogen (secondary N) is 1. The molecule has 1 aliphatic rings. The normalized spacial score (nSPS) is 17.8. The van der Waals surface area contributed by atoms with Gasteiger partial charge < -0.3 is 11.1 Å². The van der Waals surface area contributed by atoms with Crippen molar-refractivity contribution in [2.75, 3.05) is 13.1 Å². The van der Waals surface area contributed by atoms with Gasteiger partial charge in [-0.25, -0.2) is 0 Å². The predicted octanol–water partition coefficient (Wildman–Crippen LogP) is 1.11. The van der Waals surface area contributed by atoms with E-state index in [1.807, 2.05) is 0 Å². The van der Waals surface area contributed by atoms with Crippen molar-refractivity contribution >= 4 is 21.0 Å². The first-order valence-electron chi connectivity index (χ1n) is 3.93. The van der Waals surface area contributed by atoms with E-state index in [9.17, 15) is 0 Å². The van der Waals surface area contributed by atoms with Gasteiger partial charge in [0.1, 0.15) is 0 Å². The van der Waals surface area contributed by atoms with Gasteiger partial charge in [-0.05, 0) is 0 Å². The molecule has 5 heteroatoms. The Morgan fingerprint density at radius 3 is 2.42 bits per heavy atom. The van der Waals surface area contributed by atoms with Crippen LogP contribution in [0.3, 0.4) is 0 Å². The van der Waals surface area contributed by atoms with E-state index in [-0.39, 0.29) is 5.17 Å². The zero-order valence-corrected chi connectivity index (χ0v) is 12.1. The molecule has 0 spiro atoms. The standard InChI is InChI=1S/C6H12N3S.CH2.Cd/c7-6(8)10-5-1-3-9-4-2-5;;/h5H,1-4H2,(H3,7,8);1H2;/q-1;;. The van der Waals surface area contributed by atoms with Gasteiger partial charge in [-0.15, -0.1) is 13.1 Å². The molecule has 66 valence electrons. The summed E-state index contributed by atoms with van der Waals surface area (Å²) in [4.78, 5) is 0. The number of hydrogen-bond donors (Lipinski definition) is 2. The van der Waals surface area contributed by atoms with Crippen molar-refractivity contribution in [1.82, 2.24) is 0 Å². The third-order valence-corrected chi connectivity index (χ3v) is 2.57. The van der Waals surface area contributed by atoms with Gasteiger partial charge in [0.15, 0.2) is 5.17 Å². The number of hydrogen-bond acceptors (Lipinski definition) is 2. The Morgan fingerprint density at radius 1 is 1.50 bits per heavy atom. The molecule has 1 rings (SSSR count). The molecule has 0 aromatic rings. The van der Waals surface area contributed by atoms with Crippen LogP contribution in [0.1, 0.15) is 12.8 Å². The molecule has 0 bridgehead atoms. The second kappa shape index (κ2) is 8.18. The summed E-state index contributed by atoms with van der Waals surface area (Å²) in [6.07, 6.45) is 2.18. The molecule has 0 saturated carbocycles. The molecule has 1 heterocycles. The second-order valence-corrected chi connectivity index (χ2v) is 3.69. The fourth-order valence-electron chi connectivity index (χ4n) is 1.02. The van der Waals surface area contributed by atoms with Gasteiger partial charge in [-0.3, -0.25) is 5.41 Å². The molecule has 1 fully saturated rings. The van der Waals surface area contributed by atoms with Gasteiger partial charge in [0, 0.05) is 5.25 Å². The Labute approximate surface area is 93.5 Å². The van der Waals surface area contributed by atoms with Crippen LogP contribution >= 0.6 is 11.8 Å². The Morgan fingerprint density at radius 2 is 2.00 bits per heavy atom. The van der Waals surface area contributed by atoms with Gasteiger partial charge in [-0.2, -0.15) is 0 Å². The first kappa shape index (κ1) is 12.6. The number of amidine groups is 1. The molecule has 0 amide bonds. The van der Waals surface area contributed by atoms with Gasteiger partial charge in [0.25, 0.3) is 0 Å². The first-order valence-corrected chi connectivity index (χ1v) is 7.66. The van der Waals surface area contributed by atoms with Crippen LogP contribution < -0.4 is 5.73 Å². The zero-order valence-electron chi connectivity index (χ0n) is 7.25. The van der Waals surface area contributed by atoms with Gasteiger partial charge >= 0.3 is 29.3 Å². The van der Waals surface area contributed by atoms with Crippen LogP contribution in [0.25, 0.3) is 5.32 Å². The first-order chi connectivity index (χ1) is 5.79. The molecule has 0 atom stereocenters. The topological polar surface area (TPSA) is 64.0 Å². The second-order valence-electron chi connectivity index (χ2n) is 2.35. The maximum absolute atomic E-state index is 7.04. The van der Waals surface area contributed by atoms with Gasteiger partial charge in [-0.1, -0.05) is 24.6 Å². The molecule has 0 aliphatic carbocycles. The van der Waals surface area contributed by atoms with Crippen molar-refractivity contribution in [1.29, 1.82) is 5.41 Å². The fourth-order valence-corrected chi connectivity index (χ4v) is 1.83. The van der Waals surface area contributed by atoms with Crippen molar-refractivity contribution in [2.45, 2.75) is 18.1 Å². The van der Waals surface area contributed by atoms with E-state index in [4.69, 9.17) is 11.1 Å². The van der Waals surface area contributed by atoms with Gasteiger partial charge in [0.2, 0.25) is 0 Å². The molecule has 12 heavy (non-hydrogen) atoms. The zero-order chi connectivity index (χ0) is 9.40. The summed E-state index contributed by atoms with van der Waals surface area (Å²) in [5.41, 5.74) is 5.24. The molecule has 1 aliphatic heterocycles. The number of nitrogens with two attached hydrogens (primary N) is 1. The summed E-state index contributed by atoms with van der Waals surface area (Å²) in [5.74, 6) is 0. The number of nitrogens with zero attached hydrogens (tertiary/aromatic N) is 1. The van der Waals surface area contributed by atoms with E-state index < -0.39 is 0 Å². The molecule has 0 radical (unpaired) electrons. The summed E-state index contributed by atoms with van der Waals surface area (Å²) >= 11 is 2.38. The molecular weight excluding hydrogens is 271 g/mol. The average molecular weight is 285 g/mol. The van der Waals surface area contributed by atoms with Gasteiger partial charge in [0.05, 0.1) is 0 Å². The Balaban J connectivity index is 0.000000561. The van der Waals surface area contributed by atoms with Crippen LogP contribution in [0.15, 0.2) is 0 Å². The van der Waals surface area contributed by atoms with Crippen LogP contribution in [-0.2, 0) is 25.3 Å². The summed E-state index contributed by atoms with van der Waals surface area (Å²) in [6, 6.07) is 0. The van der Waals surface area contributed by atoms with Crippen molar-refractivity contribution in [3.05, 3.63) is 5.32 Å². The monoisotopic (exact) mass is 286 g/mol. The number of piperidine rings is 1. The molecule has 3 N–H and O–H groups in total. The summed E-state index contributed by atoms with van der Waals surface area (Å²) in [7, 11) is 0. The third kappa shape index (κ3) is 6.13. The quantitative estimate of drug-likeness (QED) is 0.430. The Hall–Kier alpha value is 0.572. The van der Waals surface area contributed by atoms with Crippen molar-refractivity contribution in [2.24, 2.45) is 5.73 Å². The summed E-state index contributed by atoms with van der Waals surface area (Å²) in [6.45, 7) is 1.90. The van der Waals surface area contributed by atoms with E-state index in [2.05, 4.69) is 9.38 Å². The van der Waals surface area contributed by atoms with Crippen LogP contribution in [0.5, 0.6) is 0 Å². The van der Waals surface area contributed by atoms with Crippen LogP contribution in [0, 0.1) is 5.41 Å². The van der Waals surface area contributed by atoms with E-state index in [0.29, 0.717) is 5.25 Å². The molecule has 0 aromatic heterocycles. The van der Waals surface area contributed by atoms with Crippen LogP contribution in [0.4, 0.5) is 0 Å². The average Bonchev–Trinajstić information content (AvgIpc) is 2.08. The van der Waals surface area contributed by atoms with E-state index >= 15 is 0 Å². The fraction of sp³-hybridized carbons (Fsp3) is 0.714. The SMILES string of the molecule is N=C(N)SC1CC[N-]CC1.[CH2]=[Cd]. The van der Waals surface area contributed by atoms with Crippen LogP contribution in [0.2, 0.25) is 0 Å². The number of thioether (sulfide) groups is 1. The molecule has 1 saturated heterocycles. The molecule has 3 nitrogen and oxygen atoms in total. The summed E-state index contributed by atoms with van der Waals surface area (Å²) < 4.78 is 3.42. The number of rotatable bonds is 1. The summed E-state index contributed by atoms with van der Waals surface area (Å²) in [5, 5.41) is 12.0. The molecule has 0 unspecified atom stereocenters. The van der Waals surface area contributed by atoms with E-state index in [1.54, 1.807) is 0 Å². The Kier molecular flexibility index (Phi) is 8.57. The third-order valence-electron chi connectivity index (χ3n) is 1.51. The minimum atomic E-state index is 0.243. The van der Waals surface area contributed by atoms with E-state index in [0.717, 1.165) is 51.2 Å². The predicted molar refractivity (Wildman–Crippen MR) is 52.7 cm³/mol. The molecular formula is C7H14CdN3S-. The molecule has 0 aromatic carbocycles.